The summed E-state index contributed by atoms with van der Waals surface area (Å²) in [7, 11) is 0. The Morgan fingerprint density at radius 2 is 1.00 bits per heavy atom. The van der Waals surface area contributed by atoms with E-state index in [1.54, 1.807) is 0 Å². The number of hydrogen-bond acceptors (Lipinski definition) is 4. The molecule has 0 amide bonds. The Morgan fingerprint density at radius 1 is 0.667 bits per heavy atom. The highest BCUT2D eigenvalue weighted by molar-refractivity contribution is 5.28. The zero-order valence-corrected chi connectivity index (χ0v) is 6.25. The van der Waals surface area contributed by atoms with Crippen molar-refractivity contribution in [2.45, 2.75) is 12.3 Å². The van der Waals surface area contributed by atoms with Gasteiger partial charge in [-0.05, 0) is 0 Å². The van der Waals surface area contributed by atoms with Crippen molar-refractivity contribution in [2.24, 2.45) is 20.5 Å². The molecule has 0 unspecified atom stereocenters. The molecule has 0 saturated carbocycles. The maximum Gasteiger partial charge on any atom is 0.206 e. The van der Waals surface area contributed by atoms with Gasteiger partial charge in [0.1, 0.15) is 0 Å². The highest BCUT2D eigenvalue weighted by Crippen LogP contribution is 2.34. The maximum absolute atomic E-state index is 3.84. The first-order valence-electron chi connectivity index (χ1n) is 3.83. The lowest BCUT2D eigenvalue weighted by Gasteiger charge is -1.96. The molecule has 0 radical (unpaired) electrons. The van der Waals surface area contributed by atoms with Gasteiger partial charge in [-0.3, -0.25) is 0 Å². The first-order chi connectivity index (χ1) is 5.93. The molecule has 58 valence electrons. The fraction of sp³-hybridized carbons (Fsp3) is 0.250. The molecule has 2 aliphatic heterocycles. The van der Waals surface area contributed by atoms with Gasteiger partial charge >= 0.3 is 0 Å². The molecule has 4 nitrogen and oxygen atoms in total. The first kappa shape index (κ1) is 5.99. The molecule has 0 atom stereocenters. The fourth-order valence-corrected chi connectivity index (χ4v) is 1.17. The molecule has 0 aromatic heterocycles. The van der Waals surface area contributed by atoms with Crippen LogP contribution >= 0.6 is 0 Å². The summed E-state index contributed by atoms with van der Waals surface area (Å²) in [6.07, 6.45) is 0.208. The van der Waals surface area contributed by atoms with Gasteiger partial charge in [0.25, 0.3) is 0 Å². The quantitative estimate of drug-likeness (QED) is 0.635. The Balaban J connectivity index is 1.87. The third-order valence-corrected chi connectivity index (χ3v) is 1.99. The van der Waals surface area contributed by atoms with E-state index in [-0.39, 0.29) is 12.3 Å². The van der Waals surface area contributed by atoms with Crippen LogP contribution in [0.5, 0.6) is 0 Å². The SMILES string of the molecule is c1cc(C2N=N2)ccc1C1N=N1. The summed E-state index contributed by atoms with van der Waals surface area (Å²) in [6, 6.07) is 8.12. The smallest absolute Gasteiger partial charge is 0.157 e. The zero-order chi connectivity index (χ0) is 7.97. The minimum Gasteiger partial charge on any atom is -0.157 e. The summed E-state index contributed by atoms with van der Waals surface area (Å²) < 4.78 is 0. The minimum atomic E-state index is 0.104. The molecule has 2 aliphatic rings. The number of nitrogens with zero attached hydrogens (tertiary/aromatic N) is 4. The third kappa shape index (κ3) is 0.922. The van der Waals surface area contributed by atoms with Crippen molar-refractivity contribution in [3.63, 3.8) is 0 Å². The van der Waals surface area contributed by atoms with Crippen LogP contribution in [0.3, 0.4) is 0 Å². The molecule has 1 aromatic rings. The van der Waals surface area contributed by atoms with E-state index in [1.807, 2.05) is 24.3 Å². The van der Waals surface area contributed by atoms with E-state index in [0.29, 0.717) is 0 Å². The van der Waals surface area contributed by atoms with Gasteiger partial charge < -0.3 is 0 Å². The first-order valence-corrected chi connectivity index (χ1v) is 3.83. The highest BCUT2D eigenvalue weighted by Gasteiger charge is 2.21. The Kier molecular flexibility index (Phi) is 0.983. The molecule has 0 N–H and O–H groups in total. The van der Waals surface area contributed by atoms with Crippen LogP contribution in [0.1, 0.15) is 23.5 Å². The topological polar surface area (TPSA) is 49.4 Å². The van der Waals surface area contributed by atoms with E-state index in [2.05, 4.69) is 20.5 Å². The summed E-state index contributed by atoms with van der Waals surface area (Å²) in [5.74, 6) is 0. The van der Waals surface area contributed by atoms with Gasteiger partial charge in [0.05, 0.1) is 0 Å². The van der Waals surface area contributed by atoms with Gasteiger partial charge in [-0.1, -0.05) is 24.3 Å². The molecule has 2 heterocycles. The second kappa shape index (κ2) is 1.97. The lowest BCUT2D eigenvalue weighted by Crippen LogP contribution is -1.83. The molecule has 0 saturated heterocycles. The second-order valence-corrected chi connectivity index (χ2v) is 2.88. The van der Waals surface area contributed by atoms with Crippen LogP contribution in [0, 0.1) is 0 Å². The van der Waals surface area contributed by atoms with Crippen LogP contribution in [-0.2, 0) is 0 Å². The lowest BCUT2D eigenvalue weighted by molar-refractivity contribution is 1.02. The maximum atomic E-state index is 3.84. The third-order valence-electron chi connectivity index (χ3n) is 1.99. The number of rotatable bonds is 2. The van der Waals surface area contributed by atoms with Crippen molar-refractivity contribution in [3.8, 4) is 0 Å². The van der Waals surface area contributed by atoms with Gasteiger partial charge in [0.2, 0.25) is 12.3 Å². The van der Waals surface area contributed by atoms with Crippen molar-refractivity contribution in [1.82, 2.24) is 0 Å². The van der Waals surface area contributed by atoms with Crippen LogP contribution in [-0.4, -0.2) is 0 Å². The van der Waals surface area contributed by atoms with Gasteiger partial charge in [0.15, 0.2) is 0 Å². The Morgan fingerprint density at radius 3 is 1.25 bits per heavy atom. The number of hydrogen-bond donors (Lipinski definition) is 0. The van der Waals surface area contributed by atoms with E-state index < -0.39 is 0 Å². The molecular weight excluding hydrogens is 152 g/mol. The average Bonchev–Trinajstić information content (AvgIpc) is 2.98. The lowest BCUT2D eigenvalue weighted by atomic mass is 10.1. The Bertz CT molecular complexity index is 316. The molecule has 0 bridgehead atoms. The zero-order valence-electron chi connectivity index (χ0n) is 6.25. The summed E-state index contributed by atoms with van der Waals surface area (Å²) >= 11 is 0. The summed E-state index contributed by atoms with van der Waals surface area (Å²) in [6.45, 7) is 0. The Labute approximate surface area is 69.0 Å². The summed E-state index contributed by atoms with van der Waals surface area (Å²) in [4.78, 5) is 0. The van der Waals surface area contributed by atoms with Gasteiger partial charge in [0, 0.05) is 11.1 Å². The van der Waals surface area contributed by atoms with E-state index in [4.69, 9.17) is 0 Å². The molecule has 3 rings (SSSR count). The van der Waals surface area contributed by atoms with Gasteiger partial charge in [-0.15, -0.1) is 0 Å². The number of benzene rings is 1. The van der Waals surface area contributed by atoms with Gasteiger partial charge in [-0.25, -0.2) is 0 Å². The van der Waals surface area contributed by atoms with E-state index in [0.717, 1.165) is 11.1 Å². The largest absolute Gasteiger partial charge is 0.206 e. The predicted molar refractivity (Wildman–Crippen MR) is 41.6 cm³/mol. The van der Waals surface area contributed by atoms with Crippen molar-refractivity contribution < 1.29 is 0 Å². The van der Waals surface area contributed by atoms with Gasteiger partial charge in [-0.2, -0.15) is 20.5 Å². The van der Waals surface area contributed by atoms with E-state index >= 15 is 0 Å². The molecule has 0 aliphatic carbocycles. The van der Waals surface area contributed by atoms with Crippen LogP contribution < -0.4 is 0 Å². The predicted octanol–water partition coefficient (Wildman–Crippen LogP) is 2.62. The molecule has 0 fully saturated rings. The van der Waals surface area contributed by atoms with E-state index in [1.165, 1.54) is 0 Å². The second-order valence-electron chi connectivity index (χ2n) is 2.88. The molecule has 0 spiro atoms. The highest BCUT2D eigenvalue weighted by atomic mass is 15.4. The van der Waals surface area contributed by atoms with Crippen molar-refractivity contribution in [1.29, 1.82) is 0 Å². The summed E-state index contributed by atoms with van der Waals surface area (Å²) in [5.41, 5.74) is 2.30. The van der Waals surface area contributed by atoms with Crippen LogP contribution in [0.25, 0.3) is 0 Å². The van der Waals surface area contributed by atoms with Crippen LogP contribution in [0.15, 0.2) is 44.7 Å². The average molecular weight is 158 g/mol. The van der Waals surface area contributed by atoms with E-state index in [9.17, 15) is 0 Å². The van der Waals surface area contributed by atoms with Crippen molar-refractivity contribution in [2.75, 3.05) is 0 Å². The summed E-state index contributed by atoms with van der Waals surface area (Å²) in [5, 5.41) is 15.4. The van der Waals surface area contributed by atoms with Crippen molar-refractivity contribution >= 4 is 0 Å². The molecule has 12 heavy (non-hydrogen) atoms. The monoisotopic (exact) mass is 158 g/mol. The fourth-order valence-electron chi connectivity index (χ4n) is 1.17. The standard InChI is InChI=1S/C8H6N4/c1-2-6(8-11-12-8)4-3-5(1)7-9-10-7/h1-4,7-8H. The Hall–Kier alpha value is -1.58. The van der Waals surface area contributed by atoms with Crippen molar-refractivity contribution in [3.05, 3.63) is 35.4 Å². The molecule has 4 heteroatoms. The molecular formula is C8H6N4. The van der Waals surface area contributed by atoms with Crippen LogP contribution in [0.2, 0.25) is 0 Å². The minimum absolute atomic E-state index is 0.104. The molecule has 1 aromatic carbocycles. The normalized spacial score (nSPS) is 20.0. The van der Waals surface area contributed by atoms with Crippen LogP contribution in [0.4, 0.5) is 0 Å².